The molecule has 0 radical (unpaired) electrons. The Hall–Kier alpha value is -2.02. The van der Waals surface area contributed by atoms with Crippen molar-refractivity contribution in [2.75, 3.05) is 6.54 Å². The Balaban J connectivity index is 1.78. The van der Waals surface area contributed by atoms with Gasteiger partial charge in [0, 0.05) is 19.2 Å². The number of aromatic amines is 1. The van der Waals surface area contributed by atoms with Gasteiger partial charge in [-0.3, -0.25) is 4.79 Å². The molecule has 4 rings (SSSR count). The summed E-state index contributed by atoms with van der Waals surface area (Å²) in [5, 5.41) is 18.5. The Morgan fingerprint density at radius 1 is 1.26 bits per heavy atom. The molecule has 1 fully saturated rings. The summed E-state index contributed by atoms with van der Waals surface area (Å²) in [6.07, 6.45) is 2.52. The molecule has 1 atom stereocenters. The van der Waals surface area contributed by atoms with Crippen LogP contribution in [0.4, 0.5) is 0 Å². The maximum Gasteiger partial charge on any atom is 0.264 e. The lowest BCUT2D eigenvalue weighted by Crippen LogP contribution is -2.35. The number of fused-ring (bicyclic) bond motifs is 1. The average Bonchev–Trinajstić information content (AvgIpc) is 3.19. The average molecular weight is 258 g/mol. The van der Waals surface area contributed by atoms with Crippen LogP contribution in [0.3, 0.4) is 0 Å². The van der Waals surface area contributed by atoms with E-state index in [-0.39, 0.29) is 5.56 Å². The van der Waals surface area contributed by atoms with E-state index in [4.69, 9.17) is 0 Å². The van der Waals surface area contributed by atoms with Crippen molar-refractivity contribution in [2.45, 2.75) is 25.4 Å². The summed E-state index contributed by atoms with van der Waals surface area (Å²) in [7, 11) is 0. The number of rotatable bonds is 2. The van der Waals surface area contributed by atoms with Crippen LogP contribution in [0.2, 0.25) is 0 Å². The molecule has 19 heavy (non-hydrogen) atoms. The Kier molecular flexibility index (Phi) is 2.28. The summed E-state index contributed by atoms with van der Waals surface area (Å²) in [5.41, 5.74) is 0.453. The predicted octanol–water partition coefficient (Wildman–Crippen LogP) is 0.0827. The second-order valence-electron chi connectivity index (χ2n) is 5.11. The van der Waals surface area contributed by atoms with E-state index in [1.807, 2.05) is 0 Å². The molecule has 1 saturated carbocycles. The SMILES string of the molecule is O=c1ccc(-c2nnc3n2CCNC3C2CC2)n[nH]1. The summed E-state index contributed by atoms with van der Waals surface area (Å²) in [5.74, 6) is 2.43. The van der Waals surface area contributed by atoms with Crippen LogP contribution in [-0.4, -0.2) is 31.5 Å². The second kappa shape index (κ2) is 3.99. The number of nitrogens with zero attached hydrogens (tertiary/aromatic N) is 4. The fraction of sp³-hybridized carbons (Fsp3) is 0.500. The third-order valence-corrected chi connectivity index (χ3v) is 3.76. The molecule has 7 nitrogen and oxygen atoms in total. The lowest BCUT2D eigenvalue weighted by atomic mass is 10.1. The van der Waals surface area contributed by atoms with E-state index in [0.717, 1.165) is 24.7 Å². The minimum atomic E-state index is -0.209. The van der Waals surface area contributed by atoms with Gasteiger partial charge in [-0.2, -0.15) is 5.10 Å². The molecule has 0 amide bonds. The number of hydrogen-bond donors (Lipinski definition) is 2. The first-order valence-electron chi connectivity index (χ1n) is 6.55. The minimum absolute atomic E-state index is 0.209. The molecule has 1 aliphatic carbocycles. The molecule has 1 aliphatic heterocycles. The highest BCUT2D eigenvalue weighted by molar-refractivity contribution is 5.48. The van der Waals surface area contributed by atoms with Crippen LogP contribution in [0, 0.1) is 5.92 Å². The maximum absolute atomic E-state index is 11.1. The molecular weight excluding hydrogens is 244 g/mol. The van der Waals surface area contributed by atoms with Gasteiger partial charge in [-0.15, -0.1) is 10.2 Å². The fourth-order valence-electron chi connectivity index (χ4n) is 2.65. The quantitative estimate of drug-likeness (QED) is 0.796. The fourth-order valence-corrected chi connectivity index (χ4v) is 2.65. The topological polar surface area (TPSA) is 88.5 Å². The second-order valence-corrected chi connectivity index (χ2v) is 5.11. The summed E-state index contributed by atoms with van der Waals surface area (Å²) >= 11 is 0. The van der Waals surface area contributed by atoms with Crippen LogP contribution >= 0.6 is 0 Å². The number of aromatic nitrogens is 5. The van der Waals surface area contributed by atoms with Crippen LogP contribution in [0.25, 0.3) is 11.5 Å². The molecule has 0 saturated heterocycles. The molecule has 3 heterocycles. The zero-order valence-electron chi connectivity index (χ0n) is 10.3. The zero-order chi connectivity index (χ0) is 12.8. The van der Waals surface area contributed by atoms with Crippen LogP contribution < -0.4 is 10.9 Å². The molecule has 0 aromatic carbocycles. The third-order valence-electron chi connectivity index (χ3n) is 3.76. The molecule has 0 spiro atoms. The standard InChI is InChI=1S/C12H14N6O/c19-9-4-3-8(14-15-9)11-16-17-12-10(7-1-2-7)13-5-6-18(11)12/h3-4,7,10,13H,1-2,5-6H2,(H,15,19). The Morgan fingerprint density at radius 3 is 2.89 bits per heavy atom. The molecule has 98 valence electrons. The molecule has 2 N–H and O–H groups in total. The number of H-pyrrole nitrogens is 1. The van der Waals surface area contributed by atoms with Gasteiger partial charge in [0.25, 0.3) is 5.56 Å². The molecule has 0 bridgehead atoms. The molecule has 2 aromatic heterocycles. The Morgan fingerprint density at radius 2 is 2.16 bits per heavy atom. The smallest absolute Gasteiger partial charge is 0.264 e. The summed E-state index contributed by atoms with van der Waals surface area (Å²) in [4.78, 5) is 11.1. The normalized spacial score (nSPS) is 22.2. The molecular formula is C12H14N6O. The van der Waals surface area contributed by atoms with E-state index in [1.54, 1.807) is 6.07 Å². The van der Waals surface area contributed by atoms with Gasteiger partial charge in [-0.25, -0.2) is 5.10 Å². The first kappa shape index (κ1) is 10.9. The van der Waals surface area contributed by atoms with Crippen LogP contribution in [0.1, 0.15) is 24.7 Å². The maximum atomic E-state index is 11.1. The molecule has 1 unspecified atom stereocenters. The summed E-state index contributed by atoms with van der Waals surface area (Å²) in [6.45, 7) is 1.75. The highest BCUT2D eigenvalue weighted by Gasteiger charge is 2.37. The van der Waals surface area contributed by atoms with E-state index in [1.165, 1.54) is 18.9 Å². The number of hydrogen-bond acceptors (Lipinski definition) is 5. The lowest BCUT2D eigenvalue weighted by molar-refractivity contribution is 0.383. The van der Waals surface area contributed by atoms with Gasteiger partial charge in [0.2, 0.25) is 0 Å². The predicted molar refractivity (Wildman–Crippen MR) is 67.3 cm³/mol. The zero-order valence-corrected chi connectivity index (χ0v) is 10.3. The van der Waals surface area contributed by atoms with Gasteiger partial charge < -0.3 is 9.88 Å². The van der Waals surface area contributed by atoms with Crippen molar-refractivity contribution in [3.8, 4) is 11.5 Å². The number of nitrogens with one attached hydrogen (secondary N) is 2. The minimum Gasteiger partial charge on any atom is -0.307 e. The first-order chi connectivity index (χ1) is 9.33. The van der Waals surface area contributed by atoms with Gasteiger partial charge in [-0.05, 0) is 24.8 Å². The van der Waals surface area contributed by atoms with Gasteiger partial charge in [-0.1, -0.05) is 0 Å². The highest BCUT2D eigenvalue weighted by Crippen LogP contribution is 2.41. The van der Waals surface area contributed by atoms with Crippen molar-refractivity contribution in [3.05, 3.63) is 28.3 Å². The van der Waals surface area contributed by atoms with Crippen LogP contribution in [-0.2, 0) is 6.54 Å². The monoisotopic (exact) mass is 258 g/mol. The Labute approximate surface area is 109 Å². The lowest BCUT2D eigenvalue weighted by Gasteiger charge is -2.24. The summed E-state index contributed by atoms with van der Waals surface area (Å²) in [6, 6.07) is 3.46. The van der Waals surface area contributed by atoms with Gasteiger partial charge in [0.15, 0.2) is 11.6 Å². The molecule has 2 aromatic rings. The molecule has 7 heteroatoms. The van der Waals surface area contributed by atoms with E-state index in [9.17, 15) is 4.79 Å². The highest BCUT2D eigenvalue weighted by atomic mass is 16.1. The van der Waals surface area contributed by atoms with E-state index in [0.29, 0.717) is 17.7 Å². The van der Waals surface area contributed by atoms with Crippen molar-refractivity contribution in [3.63, 3.8) is 0 Å². The third kappa shape index (κ3) is 1.77. The van der Waals surface area contributed by atoms with Crippen LogP contribution in [0.15, 0.2) is 16.9 Å². The van der Waals surface area contributed by atoms with Gasteiger partial charge >= 0.3 is 0 Å². The van der Waals surface area contributed by atoms with E-state index in [2.05, 4.69) is 30.3 Å². The van der Waals surface area contributed by atoms with E-state index >= 15 is 0 Å². The van der Waals surface area contributed by atoms with Crippen molar-refractivity contribution in [1.29, 1.82) is 0 Å². The van der Waals surface area contributed by atoms with Crippen molar-refractivity contribution in [2.24, 2.45) is 5.92 Å². The van der Waals surface area contributed by atoms with Crippen LogP contribution in [0.5, 0.6) is 0 Å². The van der Waals surface area contributed by atoms with Crippen molar-refractivity contribution >= 4 is 0 Å². The van der Waals surface area contributed by atoms with Gasteiger partial charge in [0.1, 0.15) is 5.69 Å². The summed E-state index contributed by atoms with van der Waals surface area (Å²) < 4.78 is 2.11. The largest absolute Gasteiger partial charge is 0.307 e. The van der Waals surface area contributed by atoms with E-state index < -0.39 is 0 Å². The van der Waals surface area contributed by atoms with Gasteiger partial charge in [0.05, 0.1) is 6.04 Å². The first-order valence-corrected chi connectivity index (χ1v) is 6.55. The van der Waals surface area contributed by atoms with Crippen molar-refractivity contribution < 1.29 is 0 Å². The van der Waals surface area contributed by atoms with Crippen molar-refractivity contribution in [1.82, 2.24) is 30.3 Å². The molecule has 2 aliphatic rings. The Bertz CT molecular complexity index is 651.